The molecule has 0 spiro atoms. The van der Waals surface area contributed by atoms with Gasteiger partial charge in [-0.3, -0.25) is 4.79 Å². The second kappa shape index (κ2) is 4.61. The predicted octanol–water partition coefficient (Wildman–Crippen LogP) is 2.01. The molecule has 4 heteroatoms. The van der Waals surface area contributed by atoms with Crippen molar-refractivity contribution >= 4 is 28.9 Å². The second-order valence-corrected chi connectivity index (χ2v) is 4.24. The zero-order chi connectivity index (χ0) is 11.5. The van der Waals surface area contributed by atoms with Crippen LogP contribution in [0.3, 0.4) is 0 Å². The molecular formula is C12H13NO2S. The van der Waals surface area contributed by atoms with Crippen molar-refractivity contribution < 1.29 is 9.53 Å². The summed E-state index contributed by atoms with van der Waals surface area (Å²) in [4.78, 5) is 14.2. The average molecular weight is 235 g/mol. The van der Waals surface area contributed by atoms with Gasteiger partial charge in [0, 0.05) is 18.7 Å². The van der Waals surface area contributed by atoms with Crippen LogP contribution in [-0.2, 0) is 9.53 Å². The summed E-state index contributed by atoms with van der Waals surface area (Å²) in [6.45, 7) is 0.621. The van der Waals surface area contributed by atoms with Crippen LogP contribution >= 0.6 is 12.2 Å². The lowest BCUT2D eigenvalue weighted by Crippen LogP contribution is -2.25. The van der Waals surface area contributed by atoms with Gasteiger partial charge in [-0.1, -0.05) is 30.4 Å². The van der Waals surface area contributed by atoms with Crippen molar-refractivity contribution in [3.8, 4) is 0 Å². The number of esters is 1. The highest BCUT2D eigenvalue weighted by atomic mass is 32.1. The monoisotopic (exact) mass is 235 g/mol. The van der Waals surface area contributed by atoms with Gasteiger partial charge in [-0.2, -0.15) is 0 Å². The van der Waals surface area contributed by atoms with Gasteiger partial charge < -0.3 is 9.64 Å². The van der Waals surface area contributed by atoms with Crippen LogP contribution in [0.1, 0.15) is 6.42 Å². The minimum atomic E-state index is -0.180. The van der Waals surface area contributed by atoms with Crippen LogP contribution in [-0.4, -0.2) is 24.6 Å². The van der Waals surface area contributed by atoms with Crippen LogP contribution in [0, 0.1) is 5.92 Å². The molecule has 0 N–H and O–H groups in total. The molecule has 0 aliphatic carbocycles. The molecule has 84 valence electrons. The summed E-state index contributed by atoms with van der Waals surface area (Å²) in [5.74, 6) is -0.307. The van der Waals surface area contributed by atoms with Crippen molar-refractivity contribution in [3.63, 3.8) is 0 Å². The number of carbonyl (C=O) groups excluding carboxylic acids is 1. The molecule has 0 radical (unpaired) electrons. The Labute approximate surface area is 100 Å². The van der Waals surface area contributed by atoms with Crippen molar-refractivity contribution in [2.45, 2.75) is 6.42 Å². The van der Waals surface area contributed by atoms with Crippen LogP contribution < -0.4 is 4.90 Å². The number of methoxy groups -OCH3 is 1. The van der Waals surface area contributed by atoms with Crippen molar-refractivity contribution in [1.29, 1.82) is 0 Å². The molecule has 1 aliphatic rings. The fourth-order valence-electron chi connectivity index (χ4n) is 1.89. The Balaban J connectivity index is 2.14. The molecule has 0 saturated carbocycles. The maximum atomic E-state index is 11.4. The summed E-state index contributed by atoms with van der Waals surface area (Å²) in [5, 5.41) is 0. The van der Waals surface area contributed by atoms with Crippen LogP contribution in [0.5, 0.6) is 0 Å². The maximum absolute atomic E-state index is 11.4. The molecule has 3 nitrogen and oxygen atoms in total. The summed E-state index contributed by atoms with van der Waals surface area (Å²) >= 11 is 5.28. The molecule has 1 saturated heterocycles. The summed E-state index contributed by atoms with van der Waals surface area (Å²) in [5.41, 5.74) is 1.04. The minimum Gasteiger partial charge on any atom is -0.469 e. The van der Waals surface area contributed by atoms with Gasteiger partial charge in [-0.05, 0) is 12.1 Å². The molecule has 0 bridgehead atoms. The normalized spacial score (nSPS) is 19.9. The number of hydrogen-bond donors (Lipinski definition) is 0. The molecule has 0 aromatic heterocycles. The molecule has 0 unspecified atom stereocenters. The Hall–Kier alpha value is -1.42. The molecular weight excluding hydrogens is 222 g/mol. The van der Waals surface area contributed by atoms with E-state index in [1.807, 2.05) is 35.2 Å². The first-order valence-corrected chi connectivity index (χ1v) is 5.56. The number of thiocarbonyl (C=S) groups is 1. The van der Waals surface area contributed by atoms with Crippen molar-refractivity contribution in [1.82, 2.24) is 0 Å². The summed E-state index contributed by atoms with van der Waals surface area (Å²) < 4.78 is 4.74. The standard InChI is InChI=1S/C12H13NO2S/c1-15-12(14)9-7-11(16)13(8-9)10-5-3-2-4-6-10/h2-6,9H,7-8H2,1H3/t9-/m1/s1. The molecule has 1 atom stereocenters. The maximum Gasteiger partial charge on any atom is 0.310 e. The summed E-state index contributed by atoms with van der Waals surface area (Å²) in [6.07, 6.45) is 0.608. The van der Waals surface area contributed by atoms with Crippen LogP contribution in [0.2, 0.25) is 0 Å². The first-order valence-electron chi connectivity index (χ1n) is 5.15. The lowest BCUT2D eigenvalue weighted by molar-refractivity contribution is -0.144. The zero-order valence-corrected chi connectivity index (χ0v) is 9.87. The molecule has 1 fully saturated rings. The third-order valence-electron chi connectivity index (χ3n) is 2.73. The van der Waals surface area contributed by atoms with Gasteiger partial charge >= 0.3 is 5.97 Å². The Morgan fingerprint density at radius 2 is 2.12 bits per heavy atom. The van der Waals surface area contributed by atoms with Crippen LogP contribution in [0.15, 0.2) is 30.3 Å². The van der Waals surface area contributed by atoms with Gasteiger partial charge in [0.25, 0.3) is 0 Å². The highest BCUT2D eigenvalue weighted by Gasteiger charge is 2.33. The first kappa shape index (κ1) is 11.1. The van der Waals surface area contributed by atoms with E-state index in [1.165, 1.54) is 7.11 Å². The SMILES string of the molecule is COC(=O)[C@@H]1CC(=S)N(c2ccccc2)C1. The zero-order valence-electron chi connectivity index (χ0n) is 9.05. The van der Waals surface area contributed by atoms with Crippen molar-refractivity contribution in [2.75, 3.05) is 18.6 Å². The highest BCUT2D eigenvalue weighted by Crippen LogP contribution is 2.26. The van der Waals surface area contributed by atoms with Gasteiger partial charge in [0.15, 0.2) is 0 Å². The minimum absolute atomic E-state index is 0.127. The van der Waals surface area contributed by atoms with E-state index in [0.717, 1.165) is 10.7 Å². The van der Waals surface area contributed by atoms with E-state index in [-0.39, 0.29) is 11.9 Å². The number of nitrogens with zero attached hydrogens (tertiary/aromatic N) is 1. The fourth-order valence-corrected chi connectivity index (χ4v) is 2.27. The Bertz CT molecular complexity index is 405. The van der Waals surface area contributed by atoms with E-state index in [9.17, 15) is 4.79 Å². The Kier molecular flexibility index (Phi) is 3.19. The number of para-hydroxylation sites is 1. The average Bonchev–Trinajstić information content (AvgIpc) is 2.71. The first-order chi connectivity index (χ1) is 7.72. The van der Waals surface area contributed by atoms with Gasteiger partial charge in [0.2, 0.25) is 0 Å². The Morgan fingerprint density at radius 1 is 1.44 bits per heavy atom. The van der Waals surface area contributed by atoms with E-state index in [0.29, 0.717) is 13.0 Å². The predicted molar refractivity (Wildman–Crippen MR) is 66.5 cm³/mol. The topological polar surface area (TPSA) is 29.5 Å². The summed E-state index contributed by atoms with van der Waals surface area (Å²) in [7, 11) is 1.41. The number of benzene rings is 1. The van der Waals surface area contributed by atoms with Crippen LogP contribution in [0.4, 0.5) is 5.69 Å². The molecule has 1 aromatic rings. The molecule has 0 amide bonds. The number of ether oxygens (including phenoxy) is 1. The van der Waals surface area contributed by atoms with Gasteiger partial charge in [0.1, 0.15) is 0 Å². The molecule has 1 heterocycles. The molecule has 2 rings (SSSR count). The lowest BCUT2D eigenvalue weighted by Gasteiger charge is -2.17. The van der Waals surface area contributed by atoms with E-state index >= 15 is 0 Å². The summed E-state index contributed by atoms with van der Waals surface area (Å²) in [6, 6.07) is 9.87. The smallest absolute Gasteiger partial charge is 0.310 e. The van der Waals surface area contributed by atoms with Gasteiger partial charge in [0.05, 0.1) is 18.0 Å². The van der Waals surface area contributed by atoms with E-state index < -0.39 is 0 Å². The Morgan fingerprint density at radius 3 is 2.75 bits per heavy atom. The lowest BCUT2D eigenvalue weighted by atomic mass is 10.1. The third kappa shape index (κ3) is 2.07. The highest BCUT2D eigenvalue weighted by molar-refractivity contribution is 7.80. The number of hydrogen-bond acceptors (Lipinski definition) is 3. The second-order valence-electron chi connectivity index (χ2n) is 3.76. The number of anilines is 1. The quantitative estimate of drug-likeness (QED) is 0.579. The van der Waals surface area contributed by atoms with Crippen molar-refractivity contribution in [3.05, 3.63) is 30.3 Å². The molecule has 1 aromatic carbocycles. The van der Waals surface area contributed by atoms with E-state index in [4.69, 9.17) is 17.0 Å². The van der Waals surface area contributed by atoms with Gasteiger partial charge in [-0.25, -0.2) is 0 Å². The molecule has 16 heavy (non-hydrogen) atoms. The number of rotatable bonds is 2. The van der Waals surface area contributed by atoms with E-state index in [2.05, 4.69) is 0 Å². The van der Waals surface area contributed by atoms with Gasteiger partial charge in [-0.15, -0.1) is 0 Å². The van der Waals surface area contributed by atoms with E-state index in [1.54, 1.807) is 0 Å². The number of carbonyl (C=O) groups is 1. The van der Waals surface area contributed by atoms with Crippen LogP contribution in [0.25, 0.3) is 0 Å². The third-order valence-corrected chi connectivity index (χ3v) is 3.11. The largest absolute Gasteiger partial charge is 0.469 e. The van der Waals surface area contributed by atoms with Crippen molar-refractivity contribution in [2.24, 2.45) is 5.92 Å². The molecule has 1 aliphatic heterocycles. The fraction of sp³-hybridized carbons (Fsp3) is 0.333.